The van der Waals surface area contributed by atoms with Gasteiger partial charge in [0.05, 0.1) is 18.8 Å². The van der Waals surface area contributed by atoms with E-state index in [9.17, 15) is 14.4 Å². The summed E-state index contributed by atoms with van der Waals surface area (Å²) in [4.78, 5) is 44.4. The number of hydrogen-bond donors (Lipinski definition) is 0. The van der Waals surface area contributed by atoms with Gasteiger partial charge in [-0.25, -0.2) is 9.78 Å². The SMILES string of the molecule is C=C(C)COOCCOC(=O)CCC(=O)OCCOC(=O)C(C)CC(C)CC. The first-order valence-corrected chi connectivity index (χ1v) is 9.62. The first kappa shape index (κ1) is 26.1. The van der Waals surface area contributed by atoms with Crippen LogP contribution in [0.25, 0.3) is 0 Å². The molecule has 2 unspecified atom stereocenters. The van der Waals surface area contributed by atoms with E-state index in [4.69, 9.17) is 24.0 Å². The Labute approximate surface area is 167 Å². The fourth-order valence-corrected chi connectivity index (χ4v) is 2.05. The van der Waals surface area contributed by atoms with Crippen molar-refractivity contribution in [3.05, 3.63) is 12.2 Å². The molecule has 0 aliphatic heterocycles. The Morgan fingerprint density at radius 2 is 1.39 bits per heavy atom. The molecule has 0 amide bonds. The molecule has 0 saturated carbocycles. The van der Waals surface area contributed by atoms with Crippen LogP contribution in [-0.4, -0.2) is 50.9 Å². The van der Waals surface area contributed by atoms with Crippen molar-refractivity contribution >= 4 is 17.9 Å². The number of carbonyl (C=O) groups is 3. The third-order valence-corrected chi connectivity index (χ3v) is 3.80. The lowest BCUT2D eigenvalue weighted by Crippen LogP contribution is -2.20. The second-order valence-electron chi connectivity index (χ2n) is 6.80. The van der Waals surface area contributed by atoms with Crippen molar-refractivity contribution in [1.82, 2.24) is 0 Å². The monoisotopic (exact) mass is 402 g/mol. The maximum atomic E-state index is 11.8. The highest BCUT2D eigenvalue weighted by atomic mass is 17.2. The second kappa shape index (κ2) is 16.1. The number of rotatable bonds is 16. The highest BCUT2D eigenvalue weighted by molar-refractivity contribution is 5.77. The molecular weight excluding hydrogens is 368 g/mol. The molecule has 162 valence electrons. The van der Waals surface area contributed by atoms with Gasteiger partial charge >= 0.3 is 17.9 Å². The predicted molar refractivity (Wildman–Crippen MR) is 102 cm³/mol. The standard InChI is InChI=1S/C20H34O8/c1-6-16(4)13-17(5)20(23)26-10-9-24-18(21)7-8-19(22)25-11-12-27-28-14-15(2)3/h16-17H,2,6-14H2,1,3-5H3. The van der Waals surface area contributed by atoms with Gasteiger partial charge in [-0.3, -0.25) is 14.4 Å². The third kappa shape index (κ3) is 15.2. The Bertz CT molecular complexity index is 489. The van der Waals surface area contributed by atoms with Crippen LogP contribution in [0.5, 0.6) is 0 Å². The molecule has 0 radical (unpaired) electrons. The number of carbonyl (C=O) groups excluding carboxylic acids is 3. The molecule has 0 aromatic carbocycles. The topological polar surface area (TPSA) is 97.4 Å². The van der Waals surface area contributed by atoms with Gasteiger partial charge in [0.1, 0.15) is 33.0 Å². The minimum absolute atomic E-state index is 0.00138. The van der Waals surface area contributed by atoms with E-state index in [2.05, 4.69) is 20.4 Å². The number of hydrogen-bond acceptors (Lipinski definition) is 8. The summed E-state index contributed by atoms with van der Waals surface area (Å²) in [5.41, 5.74) is 0.811. The van der Waals surface area contributed by atoms with E-state index in [-0.39, 0.29) is 57.8 Å². The summed E-state index contributed by atoms with van der Waals surface area (Å²) < 4.78 is 14.9. The molecule has 2 atom stereocenters. The van der Waals surface area contributed by atoms with Gasteiger partial charge in [0.15, 0.2) is 0 Å². The van der Waals surface area contributed by atoms with E-state index in [1.165, 1.54) is 0 Å². The largest absolute Gasteiger partial charge is 0.463 e. The lowest BCUT2D eigenvalue weighted by molar-refractivity contribution is -0.291. The van der Waals surface area contributed by atoms with Crippen LogP contribution in [0.3, 0.4) is 0 Å². The summed E-state index contributed by atoms with van der Waals surface area (Å²) in [7, 11) is 0. The van der Waals surface area contributed by atoms with Crippen LogP contribution in [0.4, 0.5) is 0 Å². The molecule has 0 spiro atoms. The van der Waals surface area contributed by atoms with Gasteiger partial charge in [0.25, 0.3) is 0 Å². The minimum Gasteiger partial charge on any atom is -0.463 e. The lowest BCUT2D eigenvalue weighted by Gasteiger charge is -2.15. The van der Waals surface area contributed by atoms with E-state index in [0.29, 0.717) is 5.92 Å². The van der Waals surface area contributed by atoms with Crippen LogP contribution in [0.15, 0.2) is 12.2 Å². The Morgan fingerprint density at radius 1 is 0.857 bits per heavy atom. The summed E-state index contributed by atoms with van der Waals surface area (Å²) in [5, 5.41) is 0. The van der Waals surface area contributed by atoms with Gasteiger partial charge in [-0.2, -0.15) is 0 Å². The fraction of sp³-hybridized carbons (Fsp3) is 0.750. The van der Waals surface area contributed by atoms with Crippen LogP contribution in [0.2, 0.25) is 0 Å². The molecule has 0 aliphatic carbocycles. The average Bonchev–Trinajstić information content (AvgIpc) is 2.65. The molecule has 0 heterocycles. The Hall–Kier alpha value is -1.93. The summed E-state index contributed by atoms with van der Waals surface area (Å²) in [6, 6.07) is 0. The molecule has 0 N–H and O–H groups in total. The maximum absolute atomic E-state index is 11.8. The minimum atomic E-state index is -0.554. The zero-order valence-electron chi connectivity index (χ0n) is 17.5. The summed E-state index contributed by atoms with van der Waals surface area (Å²) in [5.74, 6) is -1.12. The highest BCUT2D eigenvalue weighted by Gasteiger charge is 2.17. The molecular formula is C20H34O8. The summed E-state index contributed by atoms with van der Waals surface area (Å²) in [6.45, 7) is 11.8. The molecule has 0 aromatic heterocycles. The van der Waals surface area contributed by atoms with Gasteiger partial charge in [-0.05, 0) is 19.3 Å². The van der Waals surface area contributed by atoms with E-state index < -0.39 is 11.9 Å². The van der Waals surface area contributed by atoms with Gasteiger partial charge in [-0.1, -0.05) is 39.3 Å². The van der Waals surface area contributed by atoms with Crippen molar-refractivity contribution in [2.45, 2.75) is 53.4 Å². The average molecular weight is 402 g/mol. The van der Waals surface area contributed by atoms with Gasteiger partial charge in [0, 0.05) is 0 Å². The van der Waals surface area contributed by atoms with Gasteiger partial charge in [0.2, 0.25) is 0 Å². The molecule has 8 heteroatoms. The van der Waals surface area contributed by atoms with Crippen molar-refractivity contribution in [3.8, 4) is 0 Å². The number of ether oxygens (including phenoxy) is 3. The van der Waals surface area contributed by atoms with Crippen LogP contribution >= 0.6 is 0 Å². The molecule has 0 saturated heterocycles. The quantitative estimate of drug-likeness (QED) is 0.0970. The zero-order valence-corrected chi connectivity index (χ0v) is 17.5. The van der Waals surface area contributed by atoms with Crippen LogP contribution in [0.1, 0.15) is 53.4 Å². The Morgan fingerprint density at radius 3 is 1.93 bits per heavy atom. The van der Waals surface area contributed by atoms with Crippen molar-refractivity contribution in [3.63, 3.8) is 0 Å². The van der Waals surface area contributed by atoms with E-state index in [0.717, 1.165) is 18.4 Å². The second-order valence-corrected chi connectivity index (χ2v) is 6.80. The molecule has 0 aromatic rings. The van der Waals surface area contributed by atoms with Crippen LogP contribution in [-0.2, 0) is 38.4 Å². The van der Waals surface area contributed by atoms with E-state index >= 15 is 0 Å². The number of esters is 3. The molecule has 0 rings (SSSR count). The Kier molecular flexibility index (Phi) is 15.0. The summed E-state index contributed by atoms with van der Waals surface area (Å²) in [6.07, 6.45) is 1.57. The third-order valence-electron chi connectivity index (χ3n) is 3.80. The Balaban J connectivity index is 3.67. The smallest absolute Gasteiger partial charge is 0.308 e. The van der Waals surface area contributed by atoms with Crippen molar-refractivity contribution in [2.75, 3.05) is 33.0 Å². The van der Waals surface area contributed by atoms with Gasteiger partial charge in [-0.15, -0.1) is 0 Å². The van der Waals surface area contributed by atoms with Gasteiger partial charge < -0.3 is 14.2 Å². The predicted octanol–water partition coefficient (Wildman–Crippen LogP) is 2.99. The van der Waals surface area contributed by atoms with Crippen molar-refractivity contribution in [1.29, 1.82) is 0 Å². The zero-order chi connectivity index (χ0) is 21.4. The van der Waals surface area contributed by atoms with E-state index in [1.54, 1.807) is 6.92 Å². The molecule has 28 heavy (non-hydrogen) atoms. The molecule has 8 nitrogen and oxygen atoms in total. The van der Waals surface area contributed by atoms with Crippen molar-refractivity contribution < 1.29 is 38.4 Å². The first-order chi connectivity index (χ1) is 13.3. The lowest BCUT2D eigenvalue weighted by atomic mass is 9.95. The fourth-order valence-electron chi connectivity index (χ4n) is 2.05. The van der Waals surface area contributed by atoms with Crippen LogP contribution < -0.4 is 0 Å². The molecule has 0 aliphatic rings. The highest BCUT2D eigenvalue weighted by Crippen LogP contribution is 2.15. The summed E-state index contributed by atoms with van der Waals surface area (Å²) >= 11 is 0. The normalized spacial score (nSPS) is 12.7. The van der Waals surface area contributed by atoms with E-state index in [1.807, 2.05) is 6.92 Å². The van der Waals surface area contributed by atoms with Crippen LogP contribution in [0, 0.1) is 11.8 Å². The molecule has 0 fully saturated rings. The maximum Gasteiger partial charge on any atom is 0.308 e. The first-order valence-electron chi connectivity index (χ1n) is 9.62. The van der Waals surface area contributed by atoms with Crippen molar-refractivity contribution in [2.24, 2.45) is 11.8 Å². The molecule has 0 bridgehead atoms.